The minimum absolute atomic E-state index is 0.0583. The topological polar surface area (TPSA) is 156 Å². The number of nitrogens with zero attached hydrogens (tertiary/aromatic N) is 4. The maximum Gasteiger partial charge on any atom is 0.436 e. The average molecular weight is 672 g/mol. The molecule has 14 heteroatoms. The lowest BCUT2D eigenvalue weighted by Gasteiger charge is -2.18. The molecule has 3 amide bonds. The summed E-state index contributed by atoms with van der Waals surface area (Å²) in [7, 11) is 0. The van der Waals surface area contributed by atoms with E-state index in [0.717, 1.165) is 12.1 Å². The molecule has 49 heavy (non-hydrogen) atoms. The number of ether oxygens (including phenoxy) is 2. The number of aliphatic imine (C=N–C) groups is 2. The number of rotatable bonds is 6. The monoisotopic (exact) mass is 671 g/mol. The highest BCUT2D eigenvalue weighted by Gasteiger charge is 2.20. The van der Waals surface area contributed by atoms with E-state index in [1.807, 2.05) is 0 Å². The van der Waals surface area contributed by atoms with Crippen LogP contribution in [0, 0.1) is 11.6 Å². The zero-order chi connectivity index (χ0) is 35.8. The van der Waals surface area contributed by atoms with Crippen LogP contribution in [0.3, 0.4) is 0 Å². The van der Waals surface area contributed by atoms with E-state index >= 15 is 8.78 Å². The third-order valence-electron chi connectivity index (χ3n) is 5.97. The van der Waals surface area contributed by atoms with Gasteiger partial charge in [-0.25, -0.2) is 18.4 Å². The fourth-order valence-corrected chi connectivity index (χ4v) is 3.97. The quantitative estimate of drug-likeness (QED) is 0.139. The molecular formula is C35H35F2N7O5. The maximum atomic E-state index is 15.2. The van der Waals surface area contributed by atoms with Crippen molar-refractivity contribution in [1.82, 2.24) is 9.97 Å². The Morgan fingerprint density at radius 1 is 0.633 bits per heavy atom. The zero-order valence-corrected chi connectivity index (χ0v) is 27.7. The lowest BCUT2D eigenvalue weighted by Crippen LogP contribution is -2.25. The van der Waals surface area contributed by atoms with Crippen molar-refractivity contribution >= 4 is 46.8 Å². The standard InChI is InChI=1S/C35H35F2N7O5/c1-34(2,3)48-32(46)43-29(27-11-7-9-17-38-27)41-25-15-13-21(19-23(25)36)31(45)40-22-14-16-26(24(37)20-22)42-30(28-12-8-10-18-39-28)44-33(47)49-35(4,5)6/h7-20H,1-6H3,(H,40,45)(H,41,43,46)(H,42,44,47). The molecule has 3 N–H and O–H groups in total. The van der Waals surface area contributed by atoms with Crippen LogP contribution in [0.15, 0.2) is 95.2 Å². The summed E-state index contributed by atoms with van der Waals surface area (Å²) >= 11 is 0. The minimum Gasteiger partial charge on any atom is -0.442 e. The number of benzene rings is 2. The molecule has 2 aromatic heterocycles. The predicted octanol–water partition coefficient (Wildman–Crippen LogP) is 7.59. The number of hydrogen-bond donors (Lipinski definition) is 3. The first-order chi connectivity index (χ1) is 23.1. The number of aromatic nitrogens is 2. The van der Waals surface area contributed by atoms with Gasteiger partial charge in [-0.1, -0.05) is 12.1 Å². The molecule has 4 rings (SSSR count). The number of carbonyl (C=O) groups excluding carboxylic acids is 3. The fraction of sp³-hybridized carbons (Fsp3) is 0.229. The molecule has 0 aliphatic heterocycles. The molecule has 0 saturated heterocycles. The summed E-state index contributed by atoms with van der Waals surface area (Å²) in [5, 5.41) is 8.02. The van der Waals surface area contributed by atoms with Crippen LogP contribution in [0.2, 0.25) is 0 Å². The first-order valence-electron chi connectivity index (χ1n) is 15.0. The Morgan fingerprint density at radius 3 is 1.51 bits per heavy atom. The molecule has 12 nitrogen and oxygen atoms in total. The normalized spacial score (nSPS) is 12.2. The molecule has 0 unspecified atom stereocenters. The van der Waals surface area contributed by atoms with Crippen LogP contribution in [0.5, 0.6) is 0 Å². The Morgan fingerprint density at radius 2 is 1.10 bits per heavy atom. The highest BCUT2D eigenvalue weighted by molar-refractivity contribution is 6.12. The van der Waals surface area contributed by atoms with Crippen molar-refractivity contribution in [2.24, 2.45) is 9.98 Å². The number of nitrogens with one attached hydrogen (secondary N) is 3. The average Bonchev–Trinajstić information content (AvgIpc) is 3.01. The second-order valence-electron chi connectivity index (χ2n) is 12.4. The lowest BCUT2D eigenvalue weighted by atomic mass is 10.1. The van der Waals surface area contributed by atoms with Gasteiger partial charge in [0.05, 0.1) is 11.4 Å². The molecule has 0 spiro atoms. The minimum atomic E-state index is -0.909. The molecule has 0 radical (unpaired) electrons. The summed E-state index contributed by atoms with van der Waals surface area (Å²) in [6.45, 7) is 10.1. The number of halogens is 2. The third kappa shape index (κ3) is 11.0. The van der Waals surface area contributed by atoms with E-state index in [2.05, 4.69) is 35.9 Å². The SMILES string of the molecule is CC(C)(C)OC(=O)/N=C(/Nc1ccc(NC(=O)c2ccc(N/C(=N/C(=O)OC(C)(C)C)c3ccccn3)c(F)c2)cc1F)c1ccccn1. The summed E-state index contributed by atoms with van der Waals surface area (Å²) in [4.78, 5) is 54.0. The summed E-state index contributed by atoms with van der Waals surface area (Å²) in [5.74, 6) is -2.48. The number of amidine groups is 2. The van der Waals surface area contributed by atoms with Gasteiger partial charge < -0.3 is 25.4 Å². The van der Waals surface area contributed by atoms with Crippen LogP contribution in [-0.4, -0.2) is 50.9 Å². The number of amides is 3. The fourth-order valence-electron chi connectivity index (χ4n) is 3.97. The number of hydrogen-bond acceptors (Lipinski definition) is 7. The van der Waals surface area contributed by atoms with Gasteiger partial charge in [0.1, 0.15) is 34.2 Å². The Kier molecular flexibility index (Phi) is 11.1. The third-order valence-corrected chi connectivity index (χ3v) is 5.97. The summed E-state index contributed by atoms with van der Waals surface area (Å²) < 4.78 is 41.0. The van der Waals surface area contributed by atoms with Gasteiger partial charge in [-0.3, -0.25) is 14.8 Å². The Labute approximate surface area is 281 Å². The second kappa shape index (κ2) is 15.2. The second-order valence-corrected chi connectivity index (χ2v) is 12.4. The van der Waals surface area contributed by atoms with E-state index in [1.165, 1.54) is 36.7 Å². The largest absolute Gasteiger partial charge is 0.442 e. The van der Waals surface area contributed by atoms with E-state index < -0.39 is 40.9 Å². The zero-order valence-electron chi connectivity index (χ0n) is 27.7. The van der Waals surface area contributed by atoms with Gasteiger partial charge in [0.2, 0.25) is 0 Å². The molecule has 0 saturated carbocycles. The first kappa shape index (κ1) is 35.8. The molecule has 2 heterocycles. The van der Waals surface area contributed by atoms with E-state index in [1.54, 1.807) is 77.9 Å². The van der Waals surface area contributed by atoms with Gasteiger partial charge in [-0.15, -0.1) is 0 Å². The van der Waals surface area contributed by atoms with Crippen molar-refractivity contribution in [3.8, 4) is 0 Å². The van der Waals surface area contributed by atoms with Gasteiger partial charge in [0.15, 0.2) is 11.7 Å². The maximum absolute atomic E-state index is 15.2. The molecule has 0 aliphatic carbocycles. The van der Waals surface area contributed by atoms with Crippen LogP contribution in [0.4, 0.5) is 35.4 Å². The van der Waals surface area contributed by atoms with Crippen LogP contribution in [-0.2, 0) is 9.47 Å². The summed E-state index contributed by atoms with van der Waals surface area (Å²) in [6, 6.07) is 17.2. The Bertz CT molecular complexity index is 1890. The molecule has 0 atom stereocenters. The van der Waals surface area contributed by atoms with Crippen molar-refractivity contribution in [2.45, 2.75) is 52.7 Å². The van der Waals surface area contributed by atoms with Gasteiger partial charge in [-0.2, -0.15) is 9.98 Å². The first-order valence-corrected chi connectivity index (χ1v) is 15.0. The Hall–Kier alpha value is -6.05. The molecular weight excluding hydrogens is 636 g/mol. The van der Waals surface area contributed by atoms with Crippen molar-refractivity contribution in [2.75, 3.05) is 16.0 Å². The van der Waals surface area contributed by atoms with E-state index in [4.69, 9.17) is 9.47 Å². The van der Waals surface area contributed by atoms with Crippen molar-refractivity contribution in [1.29, 1.82) is 0 Å². The van der Waals surface area contributed by atoms with Crippen LogP contribution in [0.1, 0.15) is 63.3 Å². The summed E-state index contributed by atoms with van der Waals surface area (Å²) in [5.41, 5.74) is -1.27. The van der Waals surface area contributed by atoms with Crippen LogP contribution in [0.25, 0.3) is 0 Å². The van der Waals surface area contributed by atoms with Crippen molar-refractivity contribution in [3.63, 3.8) is 0 Å². The van der Waals surface area contributed by atoms with Gasteiger partial charge in [-0.05, 0) is 102 Å². The molecule has 0 fully saturated rings. The predicted molar refractivity (Wildman–Crippen MR) is 182 cm³/mol. The van der Waals surface area contributed by atoms with Crippen molar-refractivity contribution < 1.29 is 32.6 Å². The van der Waals surface area contributed by atoms with E-state index in [9.17, 15) is 14.4 Å². The lowest BCUT2D eigenvalue weighted by molar-refractivity contribution is 0.0592. The molecule has 0 bridgehead atoms. The molecule has 0 aliphatic rings. The van der Waals surface area contributed by atoms with E-state index in [0.29, 0.717) is 0 Å². The smallest absolute Gasteiger partial charge is 0.436 e. The van der Waals surface area contributed by atoms with Gasteiger partial charge in [0.25, 0.3) is 5.91 Å². The molecule has 254 valence electrons. The highest BCUT2D eigenvalue weighted by Crippen LogP contribution is 2.23. The van der Waals surface area contributed by atoms with Crippen LogP contribution < -0.4 is 16.0 Å². The molecule has 4 aromatic rings. The van der Waals surface area contributed by atoms with Crippen LogP contribution >= 0.6 is 0 Å². The number of pyridine rings is 2. The van der Waals surface area contributed by atoms with E-state index in [-0.39, 0.29) is 45.7 Å². The van der Waals surface area contributed by atoms with Gasteiger partial charge in [0, 0.05) is 23.6 Å². The van der Waals surface area contributed by atoms with Crippen molar-refractivity contribution in [3.05, 3.63) is 114 Å². The van der Waals surface area contributed by atoms with Gasteiger partial charge >= 0.3 is 12.2 Å². The highest BCUT2D eigenvalue weighted by atomic mass is 19.1. The summed E-state index contributed by atoms with van der Waals surface area (Å²) in [6.07, 6.45) is 1.16. The number of carbonyl (C=O) groups is 3. The number of anilines is 3. The Balaban J connectivity index is 1.50. The molecule has 2 aromatic carbocycles.